The van der Waals surface area contributed by atoms with Crippen molar-refractivity contribution >= 4 is 6.09 Å². The quantitative estimate of drug-likeness (QED) is 0.561. The largest absolute Gasteiger partial charge is 0.447 e. The van der Waals surface area contributed by atoms with E-state index in [9.17, 15) is 4.79 Å². The van der Waals surface area contributed by atoms with Crippen LogP contribution in [0.4, 0.5) is 4.79 Å². The van der Waals surface area contributed by atoms with Gasteiger partial charge in [-0.05, 0) is 0 Å². The predicted octanol–water partition coefficient (Wildman–Crippen LogP) is -0.977. The highest BCUT2D eigenvalue weighted by Gasteiger charge is 2.01. The van der Waals surface area contributed by atoms with Crippen molar-refractivity contribution in [1.29, 1.82) is 0 Å². The fourth-order valence-electron chi connectivity index (χ4n) is 0.661. The van der Waals surface area contributed by atoms with Crippen LogP contribution in [0.15, 0.2) is 6.33 Å². The number of carbonyl (C=O) groups excluding carboxylic acids is 1. The fourth-order valence-corrected chi connectivity index (χ4v) is 0.661. The Labute approximate surface area is 74.1 Å². The number of aromatic amines is 1. The minimum Gasteiger partial charge on any atom is -0.447 e. The number of alkyl carbamates (subject to hydrolysis) is 1. The second kappa shape index (κ2) is 5.09. The number of amides is 1. The van der Waals surface area contributed by atoms with Gasteiger partial charge in [-0.1, -0.05) is 0 Å². The van der Waals surface area contributed by atoms with Crippen molar-refractivity contribution in [3.05, 3.63) is 12.2 Å². The third kappa shape index (κ3) is 3.52. The highest BCUT2D eigenvalue weighted by molar-refractivity contribution is 5.66. The predicted molar refractivity (Wildman–Crippen MR) is 41.7 cm³/mol. The van der Waals surface area contributed by atoms with Crippen molar-refractivity contribution in [2.75, 3.05) is 13.2 Å². The van der Waals surface area contributed by atoms with Gasteiger partial charge >= 0.3 is 6.09 Å². The summed E-state index contributed by atoms with van der Waals surface area (Å²) in [5, 5.41) is 16.9. The molecule has 1 amide bonds. The number of aromatic nitrogens is 3. The van der Waals surface area contributed by atoms with Crippen LogP contribution >= 0.6 is 0 Å². The zero-order valence-corrected chi connectivity index (χ0v) is 6.86. The Hall–Kier alpha value is -1.63. The Morgan fingerprint density at radius 3 is 3.23 bits per heavy atom. The van der Waals surface area contributed by atoms with Gasteiger partial charge in [-0.15, -0.1) is 0 Å². The molecule has 7 nitrogen and oxygen atoms in total. The summed E-state index contributed by atoms with van der Waals surface area (Å²) in [6.45, 7) is 0.0300. The molecule has 0 radical (unpaired) electrons. The SMILES string of the molecule is O=C(NCc1ncn[nH]1)OCCO. The van der Waals surface area contributed by atoms with Gasteiger partial charge in [0.25, 0.3) is 0 Å². The molecule has 7 heteroatoms. The zero-order valence-electron chi connectivity index (χ0n) is 6.86. The molecule has 0 spiro atoms. The molecule has 0 saturated carbocycles. The van der Waals surface area contributed by atoms with Gasteiger partial charge in [0, 0.05) is 0 Å². The number of H-pyrrole nitrogens is 1. The van der Waals surface area contributed by atoms with Crippen molar-refractivity contribution in [3.8, 4) is 0 Å². The van der Waals surface area contributed by atoms with Gasteiger partial charge in [-0.3, -0.25) is 5.10 Å². The Balaban J connectivity index is 2.15. The number of aliphatic hydroxyl groups is 1. The molecule has 1 heterocycles. The normalized spacial score (nSPS) is 9.62. The van der Waals surface area contributed by atoms with Gasteiger partial charge in [0.1, 0.15) is 18.8 Å². The molecule has 72 valence electrons. The summed E-state index contributed by atoms with van der Waals surface area (Å²) in [7, 11) is 0. The molecule has 0 saturated heterocycles. The van der Waals surface area contributed by atoms with E-state index in [2.05, 4.69) is 25.2 Å². The molecule has 1 rings (SSSR count). The molecule has 0 unspecified atom stereocenters. The highest BCUT2D eigenvalue weighted by Crippen LogP contribution is 1.84. The summed E-state index contributed by atoms with van der Waals surface area (Å²) in [6, 6.07) is 0. The van der Waals surface area contributed by atoms with Gasteiger partial charge in [0.15, 0.2) is 0 Å². The molecule has 0 fully saturated rings. The van der Waals surface area contributed by atoms with Crippen LogP contribution in [0.5, 0.6) is 0 Å². The van der Waals surface area contributed by atoms with Gasteiger partial charge < -0.3 is 15.2 Å². The Morgan fingerprint density at radius 1 is 1.77 bits per heavy atom. The van der Waals surface area contributed by atoms with Gasteiger partial charge in [0.2, 0.25) is 0 Å². The standard InChI is InChI=1S/C6H10N4O3/c11-1-2-13-6(12)7-3-5-8-4-9-10-5/h4,11H,1-3H2,(H,7,12)(H,8,9,10). The molecule has 1 aromatic heterocycles. The third-order valence-electron chi connectivity index (χ3n) is 1.19. The van der Waals surface area contributed by atoms with E-state index in [1.807, 2.05) is 0 Å². The maximum atomic E-state index is 10.8. The summed E-state index contributed by atoms with van der Waals surface area (Å²) < 4.78 is 4.53. The number of rotatable bonds is 4. The summed E-state index contributed by atoms with van der Waals surface area (Å²) in [4.78, 5) is 14.6. The van der Waals surface area contributed by atoms with E-state index in [0.29, 0.717) is 5.82 Å². The molecular formula is C6H10N4O3. The second-order valence-corrected chi connectivity index (χ2v) is 2.15. The first kappa shape index (κ1) is 9.46. The average molecular weight is 186 g/mol. The molecule has 13 heavy (non-hydrogen) atoms. The molecule has 0 aromatic carbocycles. The Kier molecular flexibility index (Phi) is 3.71. The van der Waals surface area contributed by atoms with Crippen LogP contribution in [-0.4, -0.2) is 39.6 Å². The van der Waals surface area contributed by atoms with Crippen molar-refractivity contribution in [3.63, 3.8) is 0 Å². The number of hydrogen-bond acceptors (Lipinski definition) is 5. The van der Waals surface area contributed by atoms with Crippen LogP contribution in [0.3, 0.4) is 0 Å². The number of nitrogens with one attached hydrogen (secondary N) is 2. The lowest BCUT2D eigenvalue weighted by atomic mass is 10.6. The van der Waals surface area contributed by atoms with E-state index in [0.717, 1.165) is 0 Å². The first-order valence-corrected chi connectivity index (χ1v) is 3.68. The molecule has 0 aliphatic carbocycles. The monoisotopic (exact) mass is 186 g/mol. The molecule has 3 N–H and O–H groups in total. The number of hydrogen-bond donors (Lipinski definition) is 3. The lowest BCUT2D eigenvalue weighted by Gasteiger charge is -2.02. The topological polar surface area (TPSA) is 100 Å². The summed E-state index contributed by atoms with van der Waals surface area (Å²) in [6.07, 6.45) is 0.751. The van der Waals surface area contributed by atoms with E-state index < -0.39 is 6.09 Å². The van der Waals surface area contributed by atoms with Gasteiger partial charge in [-0.2, -0.15) is 5.10 Å². The van der Waals surface area contributed by atoms with Crippen LogP contribution < -0.4 is 5.32 Å². The van der Waals surface area contributed by atoms with Crippen LogP contribution in [0.2, 0.25) is 0 Å². The third-order valence-corrected chi connectivity index (χ3v) is 1.19. The van der Waals surface area contributed by atoms with E-state index in [4.69, 9.17) is 5.11 Å². The highest BCUT2D eigenvalue weighted by atomic mass is 16.6. The smallest absolute Gasteiger partial charge is 0.407 e. The zero-order chi connectivity index (χ0) is 9.52. The lowest BCUT2D eigenvalue weighted by Crippen LogP contribution is -2.25. The van der Waals surface area contributed by atoms with Crippen LogP contribution in [-0.2, 0) is 11.3 Å². The Morgan fingerprint density at radius 2 is 2.62 bits per heavy atom. The maximum absolute atomic E-state index is 10.8. The van der Waals surface area contributed by atoms with Crippen LogP contribution in [0.25, 0.3) is 0 Å². The van der Waals surface area contributed by atoms with Crippen molar-refractivity contribution in [1.82, 2.24) is 20.5 Å². The van der Waals surface area contributed by atoms with Gasteiger partial charge in [0.05, 0.1) is 13.2 Å². The summed E-state index contributed by atoms with van der Waals surface area (Å²) >= 11 is 0. The van der Waals surface area contributed by atoms with E-state index in [-0.39, 0.29) is 19.8 Å². The fraction of sp³-hybridized carbons (Fsp3) is 0.500. The van der Waals surface area contributed by atoms with E-state index in [1.165, 1.54) is 6.33 Å². The minimum absolute atomic E-state index is 0.0117. The molecule has 1 aromatic rings. The number of ether oxygens (including phenoxy) is 1. The number of carbonyl (C=O) groups is 1. The number of nitrogens with zero attached hydrogens (tertiary/aromatic N) is 2. The first-order valence-electron chi connectivity index (χ1n) is 3.68. The Bertz CT molecular complexity index is 248. The molecule has 0 aliphatic heterocycles. The second-order valence-electron chi connectivity index (χ2n) is 2.15. The van der Waals surface area contributed by atoms with E-state index in [1.54, 1.807) is 0 Å². The van der Waals surface area contributed by atoms with Gasteiger partial charge in [-0.25, -0.2) is 9.78 Å². The van der Waals surface area contributed by atoms with E-state index >= 15 is 0 Å². The van der Waals surface area contributed by atoms with Crippen molar-refractivity contribution in [2.24, 2.45) is 0 Å². The van der Waals surface area contributed by atoms with Crippen molar-refractivity contribution < 1.29 is 14.6 Å². The summed E-state index contributed by atoms with van der Waals surface area (Å²) in [5.41, 5.74) is 0. The minimum atomic E-state index is -0.592. The first-order chi connectivity index (χ1) is 6.33. The average Bonchev–Trinajstić information content (AvgIpc) is 2.64. The van der Waals surface area contributed by atoms with Crippen molar-refractivity contribution in [2.45, 2.75) is 6.54 Å². The molecule has 0 atom stereocenters. The molecular weight excluding hydrogens is 176 g/mol. The maximum Gasteiger partial charge on any atom is 0.407 e. The molecule has 0 bridgehead atoms. The number of aliphatic hydroxyl groups excluding tert-OH is 1. The summed E-state index contributed by atoms with van der Waals surface area (Å²) in [5.74, 6) is 0.543. The molecule has 0 aliphatic rings. The van der Waals surface area contributed by atoms with Crippen LogP contribution in [0.1, 0.15) is 5.82 Å². The van der Waals surface area contributed by atoms with Crippen LogP contribution in [0, 0.1) is 0 Å². The lowest BCUT2D eigenvalue weighted by molar-refractivity contribution is 0.118.